The van der Waals surface area contributed by atoms with Gasteiger partial charge in [-0.2, -0.15) is 0 Å². The van der Waals surface area contributed by atoms with Crippen molar-refractivity contribution in [2.45, 2.75) is 6.61 Å². The summed E-state index contributed by atoms with van der Waals surface area (Å²) < 4.78 is 17.0. The zero-order valence-corrected chi connectivity index (χ0v) is 16.3. The Morgan fingerprint density at radius 1 is 0.871 bits per heavy atom. The summed E-state index contributed by atoms with van der Waals surface area (Å²) in [5.74, 6) is 1.22. The lowest BCUT2D eigenvalue weighted by atomic mass is 10.1. The highest BCUT2D eigenvalue weighted by atomic mass is 16.5. The van der Waals surface area contributed by atoms with Crippen LogP contribution in [0.2, 0.25) is 0 Å². The van der Waals surface area contributed by atoms with Gasteiger partial charge in [-0.1, -0.05) is 30.3 Å². The third kappa shape index (κ3) is 3.79. The molecule has 0 atom stereocenters. The van der Waals surface area contributed by atoms with E-state index < -0.39 is 0 Å². The van der Waals surface area contributed by atoms with Gasteiger partial charge in [-0.05, 0) is 42.0 Å². The number of benzene rings is 3. The summed E-state index contributed by atoms with van der Waals surface area (Å²) in [7, 11) is 0. The Hall–Kier alpha value is -4.32. The molecule has 0 unspecified atom stereocenters. The molecule has 5 rings (SSSR count). The molecule has 3 aromatic carbocycles. The van der Waals surface area contributed by atoms with Crippen molar-refractivity contribution < 1.29 is 18.7 Å². The number of phenols is 1. The first-order valence-corrected chi connectivity index (χ1v) is 9.65. The van der Waals surface area contributed by atoms with E-state index in [1.807, 2.05) is 30.3 Å². The molecule has 152 valence electrons. The molecule has 31 heavy (non-hydrogen) atoms. The number of hydrogen-bond donors (Lipinski definition) is 1. The first-order chi connectivity index (χ1) is 15.2. The number of nitrogens with zero attached hydrogens (tertiary/aromatic N) is 1. The molecule has 0 aliphatic rings. The zero-order valence-electron chi connectivity index (χ0n) is 16.3. The second-order valence-electron chi connectivity index (χ2n) is 6.98. The molecule has 0 fully saturated rings. The maximum Gasteiger partial charge on any atom is 0.226 e. The lowest BCUT2D eigenvalue weighted by Crippen LogP contribution is -2.05. The molecule has 6 nitrogen and oxygen atoms in total. The minimum atomic E-state index is -0.150. The summed E-state index contributed by atoms with van der Waals surface area (Å²) in [5, 5.41) is 9.89. The summed E-state index contributed by atoms with van der Waals surface area (Å²) in [6.45, 7) is 0.220. The van der Waals surface area contributed by atoms with Crippen LogP contribution in [-0.4, -0.2) is 10.1 Å². The van der Waals surface area contributed by atoms with Gasteiger partial charge in [0.1, 0.15) is 41.9 Å². The maximum atomic E-state index is 12.9. The molecule has 0 amide bonds. The Bertz CT molecular complexity index is 1400. The van der Waals surface area contributed by atoms with Crippen LogP contribution in [0.15, 0.2) is 99.0 Å². The molecule has 1 N–H and O–H groups in total. The SMILES string of the molecule is O=c1c(-c2ccc(O)cc2)coc2cc(OCc3coc(-c4ccccc4)n3)ccc12. The van der Waals surface area contributed by atoms with Crippen molar-refractivity contribution >= 4 is 11.0 Å². The smallest absolute Gasteiger partial charge is 0.226 e. The Balaban J connectivity index is 1.36. The Labute approximate surface area is 177 Å². The van der Waals surface area contributed by atoms with Gasteiger partial charge in [-0.15, -0.1) is 0 Å². The second-order valence-corrected chi connectivity index (χ2v) is 6.98. The summed E-state index contributed by atoms with van der Waals surface area (Å²) in [4.78, 5) is 17.3. The van der Waals surface area contributed by atoms with E-state index >= 15 is 0 Å². The topological polar surface area (TPSA) is 85.7 Å². The fraction of sp³-hybridized carbons (Fsp3) is 0.0400. The highest BCUT2D eigenvalue weighted by Gasteiger charge is 2.11. The van der Waals surface area contributed by atoms with Gasteiger partial charge in [0.2, 0.25) is 5.89 Å². The van der Waals surface area contributed by atoms with Crippen LogP contribution in [0.5, 0.6) is 11.5 Å². The van der Waals surface area contributed by atoms with Gasteiger partial charge < -0.3 is 18.7 Å². The van der Waals surface area contributed by atoms with Crippen LogP contribution in [0.25, 0.3) is 33.6 Å². The number of phenolic OH excluding ortho intramolecular Hbond substituents is 1. The number of ether oxygens (including phenoxy) is 1. The number of rotatable bonds is 5. The maximum absolute atomic E-state index is 12.9. The third-order valence-corrected chi connectivity index (χ3v) is 4.88. The van der Waals surface area contributed by atoms with Crippen molar-refractivity contribution in [2.75, 3.05) is 0 Å². The minimum Gasteiger partial charge on any atom is -0.508 e. The van der Waals surface area contributed by atoms with Gasteiger partial charge in [0, 0.05) is 11.6 Å². The molecule has 2 aromatic heterocycles. The second kappa shape index (κ2) is 7.84. The molecule has 0 saturated heterocycles. The van der Waals surface area contributed by atoms with Crippen molar-refractivity contribution in [1.82, 2.24) is 4.98 Å². The standard InChI is InChI=1S/C25H17NO5/c27-19-8-6-16(7-9-19)22-15-30-23-12-20(10-11-21(23)24(22)28)29-13-18-14-31-25(26-18)17-4-2-1-3-5-17/h1-12,14-15,27H,13H2. The summed E-state index contributed by atoms with van der Waals surface area (Å²) in [5.41, 5.74) is 2.93. The molecule has 2 heterocycles. The van der Waals surface area contributed by atoms with E-state index in [0.717, 1.165) is 5.56 Å². The lowest BCUT2D eigenvalue weighted by molar-refractivity contribution is 0.301. The number of hydrogen-bond acceptors (Lipinski definition) is 6. The highest BCUT2D eigenvalue weighted by molar-refractivity contribution is 5.82. The number of oxazole rings is 1. The van der Waals surface area contributed by atoms with E-state index in [1.54, 1.807) is 36.6 Å². The predicted octanol–water partition coefficient (Wildman–Crippen LogP) is 5.40. The number of aromatic nitrogens is 1. The van der Waals surface area contributed by atoms with Gasteiger partial charge in [0.25, 0.3) is 0 Å². The van der Waals surface area contributed by atoms with E-state index in [4.69, 9.17) is 13.6 Å². The van der Waals surface area contributed by atoms with Gasteiger partial charge in [0.05, 0.1) is 10.9 Å². The van der Waals surface area contributed by atoms with Crippen LogP contribution in [0, 0.1) is 0 Å². The van der Waals surface area contributed by atoms with Gasteiger partial charge in [-0.25, -0.2) is 4.98 Å². The average molecular weight is 411 g/mol. The first kappa shape index (κ1) is 18.7. The van der Waals surface area contributed by atoms with Crippen LogP contribution in [0.3, 0.4) is 0 Å². The van der Waals surface area contributed by atoms with Crippen LogP contribution in [0.4, 0.5) is 0 Å². The van der Waals surface area contributed by atoms with Crippen molar-refractivity contribution in [3.05, 3.63) is 101 Å². The van der Waals surface area contributed by atoms with Crippen molar-refractivity contribution in [3.63, 3.8) is 0 Å². The third-order valence-electron chi connectivity index (χ3n) is 4.88. The lowest BCUT2D eigenvalue weighted by Gasteiger charge is -2.06. The normalized spacial score (nSPS) is 11.0. The molecular weight excluding hydrogens is 394 g/mol. The molecule has 0 bridgehead atoms. The minimum absolute atomic E-state index is 0.138. The Morgan fingerprint density at radius 3 is 2.48 bits per heavy atom. The van der Waals surface area contributed by atoms with Gasteiger partial charge in [0.15, 0.2) is 5.43 Å². The van der Waals surface area contributed by atoms with E-state index in [9.17, 15) is 9.90 Å². The molecule has 6 heteroatoms. The van der Waals surface area contributed by atoms with Crippen LogP contribution >= 0.6 is 0 Å². The number of fused-ring (bicyclic) bond motifs is 1. The fourth-order valence-corrected chi connectivity index (χ4v) is 3.28. The fourth-order valence-electron chi connectivity index (χ4n) is 3.28. The highest BCUT2D eigenvalue weighted by Crippen LogP contribution is 2.25. The molecule has 0 radical (unpaired) electrons. The van der Waals surface area contributed by atoms with Crippen molar-refractivity contribution in [1.29, 1.82) is 0 Å². The predicted molar refractivity (Wildman–Crippen MR) is 116 cm³/mol. The summed E-state index contributed by atoms with van der Waals surface area (Å²) >= 11 is 0. The molecule has 0 spiro atoms. The number of aromatic hydroxyl groups is 1. The molecule has 0 saturated carbocycles. The Morgan fingerprint density at radius 2 is 1.68 bits per heavy atom. The average Bonchev–Trinajstić information content (AvgIpc) is 3.28. The van der Waals surface area contributed by atoms with Crippen LogP contribution in [0.1, 0.15) is 5.69 Å². The molecule has 5 aromatic rings. The van der Waals surface area contributed by atoms with Crippen LogP contribution < -0.4 is 10.2 Å². The first-order valence-electron chi connectivity index (χ1n) is 9.65. The molecule has 0 aliphatic carbocycles. The summed E-state index contributed by atoms with van der Waals surface area (Å²) in [6, 6.07) is 21.1. The van der Waals surface area contributed by atoms with Crippen molar-refractivity contribution in [3.8, 4) is 34.1 Å². The zero-order chi connectivity index (χ0) is 21.2. The van der Waals surface area contributed by atoms with E-state index in [0.29, 0.717) is 39.4 Å². The Kier molecular flexibility index (Phi) is 4.72. The van der Waals surface area contributed by atoms with E-state index in [-0.39, 0.29) is 17.8 Å². The van der Waals surface area contributed by atoms with Crippen LogP contribution in [-0.2, 0) is 6.61 Å². The van der Waals surface area contributed by atoms with E-state index in [1.165, 1.54) is 18.4 Å². The van der Waals surface area contributed by atoms with E-state index in [2.05, 4.69) is 4.98 Å². The largest absolute Gasteiger partial charge is 0.508 e. The monoisotopic (exact) mass is 411 g/mol. The summed E-state index contributed by atoms with van der Waals surface area (Å²) in [6.07, 6.45) is 2.98. The molecular formula is C25H17NO5. The van der Waals surface area contributed by atoms with Crippen molar-refractivity contribution in [2.24, 2.45) is 0 Å². The quantitative estimate of drug-likeness (QED) is 0.417. The van der Waals surface area contributed by atoms with Gasteiger partial charge >= 0.3 is 0 Å². The molecule has 0 aliphatic heterocycles. The van der Waals surface area contributed by atoms with Gasteiger partial charge in [-0.3, -0.25) is 4.79 Å².